The number of ether oxygens (including phenoxy) is 1. The minimum absolute atomic E-state index is 0.313. The number of aliphatic hydroxyl groups is 1. The van der Waals surface area contributed by atoms with E-state index in [1.807, 2.05) is 20.8 Å². The van der Waals surface area contributed by atoms with Gasteiger partial charge in [0.15, 0.2) is 0 Å². The fourth-order valence-corrected chi connectivity index (χ4v) is 2.61. The van der Waals surface area contributed by atoms with Gasteiger partial charge in [0.2, 0.25) is 0 Å². The summed E-state index contributed by atoms with van der Waals surface area (Å²) in [6, 6.07) is 0. The van der Waals surface area contributed by atoms with Gasteiger partial charge in [0, 0.05) is 26.2 Å². The summed E-state index contributed by atoms with van der Waals surface area (Å²) in [5.41, 5.74) is 4.27. The minimum Gasteiger partial charge on any atom is -0.444 e. The molecular weight excluding hydrogens is 246 g/mol. The largest absolute Gasteiger partial charge is 0.444 e. The molecule has 2 aliphatic heterocycles. The highest BCUT2D eigenvalue weighted by molar-refractivity contribution is 5.68. The van der Waals surface area contributed by atoms with Crippen molar-refractivity contribution >= 4 is 6.09 Å². The van der Waals surface area contributed by atoms with E-state index in [4.69, 9.17) is 10.5 Å². The molecule has 2 rings (SSSR count). The fourth-order valence-electron chi connectivity index (χ4n) is 2.61. The molecular formula is C13H25N3O3. The molecule has 2 saturated heterocycles. The van der Waals surface area contributed by atoms with Gasteiger partial charge in [-0.15, -0.1) is 0 Å². The van der Waals surface area contributed by atoms with Crippen molar-refractivity contribution in [3.05, 3.63) is 0 Å². The normalized spacial score (nSPS) is 25.6. The van der Waals surface area contributed by atoms with Crippen molar-refractivity contribution in [2.75, 3.05) is 26.2 Å². The fraction of sp³-hybridized carbons (Fsp3) is 0.923. The van der Waals surface area contributed by atoms with Crippen molar-refractivity contribution < 1.29 is 14.6 Å². The summed E-state index contributed by atoms with van der Waals surface area (Å²) in [4.78, 5) is 13.6. The van der Waals surface area contributed by atoms with Crippen molar-refractivity contribution in [2.45, 2.75) is 50.4 Å². The molecule has 0 aliphatic carbocycles. The zero-order valence-corrected chi connectivity index (χ0v) is 12.0. The van der Waals surface area contributed by atoms with Crippen molar-refractivity contribution in [1.29, 1.82) is 0 Å². The number of amides is 1. The van der Waals surface area contributed by atoms with E-state index >= 15 is 0 Å². The molecule has 2 heterocycles. The standard InChI is InChI=1S/C13H25N3O3/c1-11(2,3)19-10(17)16-6-4-13(18,5-7-16)12(14)8-15-9-12/h15,18H,4-9,14H2,1-3H3. The lowest BCUT2D eigenvalue weighted by Gasteiger charge is -2.53. The lowest BCUT2D eigenvalue weighted by atomic mass is 9.70. The van der Waals surface area contributed by atoms with Crippen LogP contribution in [0.25, 0.3) is 0 Å². The molecule has 2 fully saturated rings. The second kappa shape index (κ2) is 4.61. The Labute approximate surface area is 114 Å². The first-order valence-corrected chi connectivity index (χ1v) is 6.85. The molecule has 19 heavy (non-hydrogen) atoms. The molecule has 0 bridgehead atoms. The van der Waals surface area contributed by atoms with E-state index < -0.39 is 16.7 Å². The van der Waals surface area contributed by atoms with Gasteiger partial charge in [-0.2, -0.15) is 0 Å². The highest BCUT2D eigenvalue weighted by Gasteiger charge is 2.53. The molecule has 0 aromatic rings. The van der Waals surface area contributed by atoms with Crippen molar-refractivity contribution in [1.82, 2.24) is 10.2 Å². The van der Waals surface area contributed by atoms with Crippen LogP contribution in [-0.2, 0) is 4.74 Å². The van der Waals surface area contributed by atoms with Gasteiger partial charge in [-0.1, -0.05) is 0 Å². The number of hydrogen-bond donors (Lipinski definition) is 3. The molecule has 1 amide bonds. The lowest BCUT2D eigenvalue weighted by Crippen LogP contribution is -2.78. The van der Waals surface area contributed by atoms with Gasteiger partial charge in [-0.05, 0) is 33.6 Å². The van der Waals surface area contributed by atoms with E-state index in [0.717, 1.165) is 0 Å². The molecule has 0 radical (unpaired) electrons. The smallest absolute Gasteiger partial charge is 0.410 e. The summed E-state index contributed by atoms with van der Waals surface area (Å²) < 4.78 is 5.33. The van der Waals surface area contributed by atoms with E-state index in [2.05, 4.69) is 5.32 Å². The van der Waals surface area contributed by atoms with Gasteiger partial charge >= 0.3 is 6.09 Å². The van der Waals surface area contributed by atoms with Crippen LogP contribution in [0.5, 0.6) is 0 Å². The van der Waals surface area contributed by atoms with E-state index in [1.165, 1.54) is 0 Å². The number of piperidine rings is 1. The third-order valence-electron chi connectivity index (χ3n) is 4.05. The van der Waals surface area contributed by atoms with E-state index in [1.54, 1.807) is 4.90 Å². The molecule has 4 N–H and O–H groups in total. The molecule has 2 aliphatic rings. The molecule has 6 nitrogen and oxygen atoms in total. The Morgan fingerprint density at radius 1 is 1.32 bits per heavy atom. The highest BCUT2D eigenvalue weighted by Crippen LogP contribution is 2.34. The third-order valence-corrected chi connectivity index (χ3v) is 4.05. The number of nitrogens with one attached hydrogen (secondary N) is 1. The second-order valence-electron chi connectivity index (χ2n) is 6.76. The minimum atomic E-state index is -0.878. The molecule has 0 saturated carbocycles. The molecule has 110 valence electrons. The number of rotatable bonds is 1. The van der Waals surface area contributed by atoms with E-state index in [0.29, 0.717) is 39.0 Å². The molecule has 6 heteroatoms. The maximum Gasteiger partial charge on any atom is 0.410 e. The van der Waals surface area contributed by atoms with Crippen LogP contribution in [0.3, 0.4) is 0 Å². The quantitative estimate of drug-likeness (QED) is 0.627. The van der Waals surface area contributed by atoms with Crippen LogP contribution < -0.4 is 11.1 Å². The predicted octanol–water partition coefficient (Wildman–Crippen LogP) is 0.0491. The Morgan fingerprint density at radius 2 is 1.84 bits per heavy atom. The van der Waals surface area contributed by atoms with Crippen LogP contribution in [0.4, 0.5) is 4.79 Å². The summed E-state index contributed by atoms with van der Waals surface area (Å²) >= 11 is 0. The number of nitrogens with two attached hydrogens (primary N) is 1. The van der Waals surface area contributed by atoms with E-state index in [-0.39, 0.29) is 6.09 Å². The van der Waals surface area contributed by atoms with Crippen LogP contribution in [-0.4, -0.2) is 59.0 Å². The summed E-state index contributed by atoms with van der Waals surface area (Å²) in [5, 5.41) is 13.7. The van der Waals surface area contributed by atoms with Crippen molar-refractivity contribution in [2.24, 2.45) is 5.73 Å². The Morgan fingerprint density at radius 3 is 2.21 bits per heavy atom. The second-order valence-corrected chi connectivity index (χ2v) is 6.76. The third kappa shape index (κ3) is 2.85. The van der Waals surface area contributed by atoms with Gasteiger partial charge in [0.1, 0.15) is 5.60 Å². The average Bonchev–Trinajstić information content (AvgIpc) is 2.24. The SMILES string of the molecule is CC(C)(C)OC(=O)N1CCC(O)(C2(N)CNC2)CC1. The molecule has 0 atom stereocenters. The first-order chi connectivity index (χ1) is 8.65. The van der Waals surface area contributed by atoms with Gasteiger partial charge < -0.3 is 25.8 Å². The highest BCUT2D eigenvalue weighted by atomic mass is 16.6. The Bertz CT molecular complexity index is 353. The van der Waals surface area contributed by atoms with Crippen molar-refractivity contribution in [3.63, 3.8) is 0 Å². The van der Waals surface area contributed by atoms with Crippen molar-refractivity contribution in [3.8, 4) is 0 Å². The Kier molecular flexibility index (Phi) is 3.53. The zero-order chi connectivity index (χ0) is 14.3. The molecule has 0 aromatic carbocycles. The lowest BCUT2D eigenvalue weighted by molar-refractivity contribution is -0.0969. The van der Waals surface area contributed by atoms with Crippen LogP contribution >= 0.6 is 0 Å². The van der Waals surface area contributed by atoms with Crippen LogP contribution in [0.15, 0.2) is 0 Å². The molecule has 0 spiro atoms. The zero-order valence-electron chi connectivity index (χ0n) is 12.0. The van der Waals surface area contributed by atoms with Gasteiger partial charge in [0.05, 0.1) is 11.1 Å². The summed E-state index contributed by atoms with van der Waals surface area (Å²) in [6.07, 6.45) is 0.696. The summed E-state index contributed by atoms with van der Waals surface area (Å²) in [7, 11) is 0. The number of carbonyl (C=O) groups excluding carboxylic acids is 1. The van der Waals surface area contributed by atoms with Gasteiger partial charge in [-0.3, -0.25) is 0 Å². The van der Waals surface area contributed by atoms with Crippen LogP contribution in [0, 0.1) is 0 Å². The van der Waals surface area contributed by atoms with E-state index in [9.17, 15) is 9.90 Å². The summed E-state index contributed by atoms with van der Waals surface area (Å²) in [6.45, 7) is 7.79. The van der Waals surface area contributed by atoms with Crippen LogP contribution in [0.1, 0.15) is 33.6 Å². The monoisotopic (exact) mass is 271 g/mol. The maximum atomic E-state index is 11.9. The number of nitrogens with zero attached hydrogens (tertiary/aromatic N) is 1. The molecule has 0 aromatic heterocycles. The Hall–Kier alpha value is -0.850. The first kappa shape index (κ1) is 14.6. The predicted molar refractivity (Wildman–Crippen MR) is 71.8 cm³/mol. The number of carbonyl (C=O) groups is 1. The van der Waals surface area contributed by atoms with Crippen LogP contribution in [0.2, 0.25) is 0 Å². The summed E-state index contributed by atoms with van der Waals surface area (Å²) in [5.74, 6) is 0. The van der Waals surface area contributed by atoms with Gasteiger partial charge in [-0.25, -0.2) is 4.79 Å². The topological polar surface area (TPSA) is 87.8 Å². The maximum absolute atomic E-state index is 11.9. The Balaban J connectivity index is 1.90. The van der Waals surface area contributed by atoms with Gasteiger partial charge in [0.25, 0.3) is 0 Å². The first-order valence-electron chi connectivity index (χ1n) is 6.85. The number of likely N-dealkylation sites (tertiary alicyclic amines) is 1. The molecule has 0 unspecified atom stereocenters. The number of hydrogen-bond acceptors (Lipinski definition) is 5. The average molecular weight is 271 g/mol.